The highest BCUT2D eigenvalue weighted by Crippen LogP contribution is 2.33. The number of hydrogen-bond acceptors (Lipinski definition) is 6. The van der Waals surface area contributed by atoms with Crippen LogP contribution in [0.25, 0.3) is 11.3 Å². The Labute approximate surface area is 215 Å². The number of carboxylic acid groups (broad SMARTS) is 1. The minimum atomic E-state index is -4.81. The Kier molecular flexibility index (Phi) is 7.75. The van der Waals surface area contributed by atoms with Crippen molar-refractivity contribution in [2.24, 2.45) is 0 Å². The quantitative estimate of drug-likeness (QED) is 0.263. The van der Waals surface area contributed by atoms with E-state index in [1.165, 1.54) is 24.3 Å². The number of nitrogens with one attached hydrogen (secondary N) is 1. The summed E-state index contributed by atoms with van der Waals surface area (Å²) in [5.74, 6) is 0.0268. The number of carbonyl (C=O) groups is 1. The van der Waals surface area contributed by atoms with Crippen LogP contribution in [0.1, 0.15) is 22.9 Å². The molecular weight excluding hydrogens is 505 g/mol. The average Bonchev–Trinajstić information content (AvgIpc) is 3.36. The van der Waals surface area contributed by atoms with Gasteiger partial charge in [0.1, 0.15) is 28.7 Å². The molecule has 4 aromatic rings. The van der Waals surface area contributed by atoms with Crippen LogP contribution in [-0.4, -0.2) is 41.4 Å². The maximum Gasteiger partial charge on any atom is 0.573 e. The number of alkyl halides is 3. The Morgan fingerprint density at radius 1 is 0.974 bits per heavy atom. The summed E-state index contributed by atoms with van der Waals surface area (Å²) >= 11 is 0. The molecule has 0 aliphatic heterocycles. The van der Waals surface area contributed by atoms with Crippen molar-refractivity contribution in [3.63, 3.8) is 0 Å². The van der Waals surface area contributed by atoms with Gasteiger partial charge in [0.05, 0.1) is 12.8 Å². The van der Waals surface area contributed by atoms with E-state index >= 15 is 0 Å². The normalized spacial score (nSPS) is 12.0. The Balaban J connectivity index is 1.64. The number of halogens is 3. The third-order valence-corrected chi connectivity index (χ3v) is 5.44. The van der Waals surface area contributed by atoms with E-state index in [0.717, 1.165) is 5.56 Å². The van der Waals surface area contributed by atoms with Crippen molar-refractivity contribution in [3.8, 4) is 34.3 Å². The second-order valence-corrected chi connectivity index (χ2v) is 8.16. The molecule has 1 aromatic heterocycles. The van der Waals surface area contributed by atoms with Gasteiger partial charge < -0.3 is 24.1 Å². The number of aliphatic carboxylic acids is 1. The van der Waals surface area contributed by atoms with Crippen molar-refractivity contribution >= 4 is 5.97 Å². The topological polar surface area (TPSA) is 103 Å². The fourth-order valence-corrected chi connectivity index (χ4v) is 3.67. The zero-order chi connectivity index (χ0) is 27.3. The molecule has 0 amide bonds. The van der Waals surface area contributed by atoms with Crippen molar-refractivity contribution in [2.45, 2.75) is 19.4 Å². The van der Waals surface area contributed by atoms with Gasteiger partial charge in [-0.2, -0.15) is 5.10 Å². The molecule has 0 aliphatic carbocycles. The van der Waals surface area contributed by atoms with E-state index in [1.54, 1.807) is 50.4 Å². The highest BCUT2D eigenvalue weighted by atomic mass is 19.4. The highest BCUT2D eigenvalue weighted by molar-refractivity contribution is 5.68. The lowest BCUT2D eigenvalue weighted by atomic mass is 10.0. The number of H-pyrrole nitrogens is 1. The molecule has 198 valence electrons. The van der Waals surface area contributed by atoms with Crippen LogP contribution in [-0.2, 0) is 4.79 Å². The summed E-state index contributed by atoms with van der Waals surface area (Å²) in [4.78, 5) is 10.8. The smallest absolute Gasteiger partial charge is 0.497 e. The summed E-state index contributed by atoms with van der Waals surface area (Å²) < 4.78 is 58.5. The van der Waals surface area contributed by atoms with Gasteiger partial charge in [0.15, 0.2) is 12.7 Å². The number of hydrogen-bond donors (Lipinski definition) is 2. The van der Waals surface area contributed by atoms with Crippen LogP contribution in [0.3, 0.4) is 0 Å². The van der Waals surface area contributed by atoms with Crippen molar-refractivity contribution in [3.05, 3.63) is 89.6 Å². The molecule has 0 saturated carbocycles. The number of nitrogens with zero attached hydrogens (tertiary/aromatic N) is 1. The average molecular weight is 528 g/mol. The maximum absolute atomic E-state index is 12.6. The molecule has 0 fully saturated rings. The van der Waals surface area contributed by atoms with Crippen molar-refractivity contribution in [1.82, 2.24) is 10.2 Å². The van der Waals surface area contributed by atoms with Gasteiger partial charge in [0.25, 0.3) is 0 Å². The molecule has 1 heterocycles. The third kappa shape index (κ3) is 6.75. The van der Waals surface area contributed by atoms with E-state index in [0.29, 0.717) is 39.8 Å². The monoisotopic (exact) mass is 528 g/mol. The summed E-state index contributed by atoms with van der Waals surface area (Å²) in [7, 11) is 1.57. The summed E-state index contributed by atoms with van der Waals surface area (Å²) in [5.41, 5.74) is 3.17. The van der Waals surface area contributed by atoms with E-state index in [1.807, 2.05) is 12.1 Å². The van der Waals surface area contributed by atoms with Crippen LogP contribution in [0.4, 0.5) is 13.2 Å². The first-order chi connectivity index (χ1) is 18.1. The molecule has 38 heavy (non-hydrogen) atoms. The second-order valence-electron chi connectivity index (χ2n) is 8.16. The fourth-order valence-electron chi connectivity index (χ4n) is 3.67. The largest absolute Gasteiger partial charge is 0.573 e. The first-order valence-electron chi connectivity index (χ1n) is 11.3. The van der Waals surface area contributed by atoms with Gasteiger partial charge in [-0.1, -0.05) is 12.1 Å². The Morgan fingerprint density at radius 3 is 2.24 bits per heavy atom. The zero-order valence-corrected chi connectivity index (χ0v) is 20.3. The number of rotatable bonds is 10. The van der Waals surface area contributed by atoms with Gasteiger partial charge in [-0.05, 0) is 84.3 Å². The van der Waals surface area contributed by atoms with Gasteiger partial charge in [-0.25, -0.2) is 4.79 Å². The van der Waals surface area contributed by atoms with Gasteiger partial charge in [-0.3, -0.25) is 5.10 Å². The van der Waals surface area contributed by atoms with Crippen LogP contribution < -0.4 is 18.9 Å². The molecule has 0 saturated heterocycles. The molecule has 0 bridgehead atoms. The predicted octanol–water partition coefficient (Wildman–Crippen LogP) is 5.92. The number of benzene rings is 3. The van der Waals surface area contributed by atoms with E-state index in [-0.39, 0.29) is 5.75 Å². The number of carboxylic acids is 1. The van der Waals surface area contributed by atoms with Gasteiger partial charge in [-0.15, -0.1) is 13.2 Å². The molecule has 1 unspecified atom stereocenters. The summed E-state index contributed by atoms with van der Waals surface area (Å²) in [6, 6.07) is 19.3. The number of aromatic amines is 1. The van der Waals surface area contributed by atoms with E-state index in [2.05, 4.69) is 14.9 Å². The molecule has 8 nitrogen and oxygen atoms in total. The SMILES string of the molecule is COc1ccc(-c2cc(C(Oc3ccc(OCC(=O)O)c(C)c3)c3ccc(OC(F)(F)F)cc3)n[nH]2)cc1. The second kappa shape index (κ2) is 11.2. The lowest BCUT2D eigenvalue weighted by Crippen LogP contribution is -2.17. The minimum Gasteiger partial charge on any atom is -0.497 e. The van der Waals surface area contributed by atoms with Crippen LogP contribution in [0.2, 0.25) is 0 Å². The summed E-state index contributed by atoms with van der Waals surface area (Å²) in [6.45, 7) is 1.25. The lowest BCUT2D eigenvalue weighted by Gasteiger charge is -2.19. The summed E-state index contributed by atoms with van der Waals surface area (Å²) in [6.07, 6.45) is -5.61. The molecule has 0 aliphatic rings. The number of ether oxygens (including phenoxy) is 4. The molecule has 2 N–H and O–H groups in total. The minimum absolute atomic E-state index is 0.364. The van der Waals surface area contributed by atoms with Crippen molar-refractivity contribution < 1.29 is 42.0 Å². The standard InChI is InChI=1S/C27H23F3N2O6/c1-16-13-21(11-12-24(16)36-15-25(33)34)37-26(18-5-9-20(10-6-18)38-27(28,29)30)23-14-22(31-32-23)17-3-7-19(35-2)8-4-17/h3-14,26H,15H2,1-2H3,(H,31,32)(H,33,34). The number of methoxy groups -OCH3 is 1. The molecule has 11 heteroatoms. The molecule has 1 atom stereocenters. The highest BCUT2D eigenvalue weighted by Gasteiger charge is 2.31. The molecule has 0 spiro atoms. The Morgan fingerprint density at radius 2 is 1.63 bits per heavy atom. The van der Waals surface area contributed by atoms with E-state index in [4.69, 9.17) is 19.3 Å². The summed E-state index contributed by atoms with van der Waals surface area (Å²) in [5, 5.41) is 16.2. The lowest BCUT2D eigenvalue weighted by molar-refractivity contribution is -0.274. The van der Waals surface area contributed by atoms with Crippen LogP contribution in [0.15, 0.2) is 72.8 Å². The van der Waals surface area contributed by atoms with Gasteiger partial charge >= 0.3 is 12.3 Å². The van der Waals surface area contributed by atoms with Crippen molar-refractivity contribution in [1.29, 1.82) is 0 Å². The maximum atomic E-state index is 12.6. The zero-order valence-electron chi connectivity index (χ0n) is 20.3. The van der Waals surface area contributed by atoms with Gasteiger partial charge in [0.2, 0.25) is 0 Å². The van der Waals surface area contributed by atoms with Crippen LogP contribution in [0.5, 0.6) is 23.0 Å². The molecule has 4 rings (SSSR count). The van der Waals surface area contributed by atoms with Gasteiger partial charge in [0, 0.05) is 0 Å². The number of aryl methyl sites for hydroxylation is 1. The Bertz CT molecular complexity index is 1390. The van der Waals surface area contributed by atoms with E-state index in [9.17, 15) is 18.0 Å². The molecule has 3 aromatic carbocycles. The van der Waals surface area contributed by atoms with E-state index < -0.39 is 25.0 Å². The van der Waals surface area contributed by atoms with Crippen molar-refractivity contribution in [2.75, 3.05) is 13.7 Å². The third-order valence-electron chi connectivity index (χ3n) is 5.44. The molecular formula is C27H23F3N2O6. The number of aromatic nitrogens is 2. The first-order valence-corrected chi connectivity index (χ1v) is 11.3. The van der Waals surface area contributed by atoms with Crippen LogP contribution >= 0.6 is 0 Å². The predicted molar refractivity (Wildman–Crippen MR) is 130 cm³/mol. The Hall–Kier alpha value is -4.67. The molecule has 0 radical (unpaired) electrons. The van der Waals surface area contributed by atoms with Crippen LogP contribution in [0, 0.1) is 6.92 Å². The first kappa shape index (κ1) is 26.4. The fraction of sp³-hybridized carbons (Fsp3) is 0.185.